The summed E-state index contributed by atoms with van der Waals surface area (Å²) in [6.07, 6.45) is 1.12. The molecule has 2 aromatic carbocycles. The summed E-state index contributed by atoms with van der Waals surface area (Å²) in [6, 6.07) is 11.1. The van der Waals surface area contributed by atoms with E-state index in [4.69, 9.17) is 0 Å². The van der Waals surface area contributed by atoms with Gasteiger partial charge in [-0.3, -0.25) is 0 Å². The van der Waals surface area contributed by atoms with Crippen molar-refractivity contribution in [3.8, 4) is 11.1 Å². The topological polar surface area (TPSA) is 109 Å². The highest BCUT2D eigenvalue weighted by atomic mass is 32.2. The number of nitrogens with zero attached hydrogens (tertiary/aromatic N) is 4. The van der Waals surface area contributed by atoms with Crippen molar-refractivity contribution in [2.75, 3.05) is 27.0 Å². The van der Waals surface area contributed by atoms with Crippen molar-refractivity contribution in [2.45, 2.75) is 9.79 Å². The Morgan fingerprint density at radius 2 is 1.63 bits per heavy atom. The smallest absolute Gasteiger partial charge is 0.239 e. The third kappa shape index (κ3) is 3.68. The van der Waals surface area contributed by atoms with Crippen LogP contribution in [0.5, 0.6) is 0 Å². The maximum absolute atomic E-state index is 12.2. The Morgan fingerprint density at radius 1 is 0.963 bits per heavy atom. The predicted molar refractivity (Wildman–Crippen MR) is 102 cm³/mol. The Hall–Kier alpha value is -2.43. The molecule has 8 nitrogen and oxygen atoms in total. The molecule has 142 valence electrons. The van der Waals surface area contributed by atoms with Gasteiger partial charge in [0.1, 0.15) is 0 Å². The van der Waals surface area contributed by atoms with E-state index in [2.05, 4.69) is 15.2 Å². The maximum Gasteiger partial charge on any atom is 0.242 e. The maximum atomic E-state index is 12.2. The fraction of sp³-hybridized carbons (Fsp3) is 0.235. The van der Waals surface area contributed by atoms with Crippen molar-refractivity contribution in [3.05, 3.63) is 48.0 Å². The zero-order chi connectivity index (χ0) is 19.8. The van der Waals surface area contributed by atoms with Gasteiger partial charge in [0.25, 0.3) is 0 Å². The third-order valence-corrected chi connectivity index (χ3v) is 7.01. The lowest BCUT2D eigenvalue weighted by Gasteiger charge is -2.14. The largest absolute Gasteiger partial charge is 0.242 e. The molecular formula is C17H18N4O4S2. The van der Waals surface area contributed by atoms with Gasteiger partial charge in [-0.15, -0.1) is 5.11 Å². The van der Waals surface area contributed by atoms with Gasteiger partial charge in [0, 0.05) is 25.9 Å². The number of azo groups is 1. The van der Waals surface area contributed by atoms with E-state index < -0.39 is 19.9 Å². The van der Waals surface area contributed by atoms with Crippen LogP contribution in [0.4, 0.5) is 0 Å². The van der Waals surface area contributed by atoms with Crippen molar-refractivity contribution in [3.63, 3.8) is 0 Å². The Balaban J connectivity index is 2.20. The van der Waals surface area contributed by atoms with Gasteiger partial charge >= 0.3 is 0 Å². The summed E-state index contributed by atoms with van der Waals surface area (Å²) >= 11 is 0. The summed E-state index contributed by atoms with van der Waals surface area (Å²) in [6.45, 7) is 0.146. The standard InChI is InChI=1S/C17H18N4O4S2/c1-21(2)27(24,25)13-9-7-12(8-10-13)14-5-4-6-15(26(3,22)23)16(14)17-18-11-19-20-17/h4-10H,11H2,1-3H3. The van der Waals surface area contributed by atoms with Crippen LogP contribution in [0.1, 0.15) is 5.56 Å². The molecule has 0 saturated heterocycles. The molecule has 1 aliphatic heterocycles. The molecule has 0 amide bonds. The molecule has 0 spiro atoms. The van der Waals surface area contributed by atoms with Crippen LogP contribution in [0, 0.1) is 0 Å². The average molecular weight is 406 g/mol. The van der Waals surface area contributed by atoms with Crippen molar-refractivity contribution < 1.29 is 16.8 Å². The van der Waals surface area contributed by atoms with Crippen LogP contribution in [0.15, 0.2) is 67.5 Å². The molecule has 0 radical (unpaired) electrons. The molecule has 10 heteroatoms. The molecule has 0 unspecified atom stereocenters. The number of hydrogen-bond donors (Lipinski definition) is 0. The van der Waals surface area contributed by atoms with Gasteiger partial charge in [0.15, 0.2) is 22.3 Å². The Bertz CT molecular complexity index is 1150. The van der Waals surface area contributed by atoms with Crippen LogP contribution in [0.3, 0.4) is 0 Å². The number of aliphatic imine (C=N–C) groups is 1. The zero-order valence-electron chi connectivity index (χ0n) is 15.0. The monoisotopic (exact) mass is 406 g/mol. The molecular weight excluding hydrogens is 388 g/mol. The van der Waals surface area contributed by atoms with Crippen LogP contribution in [0.25, 0.3) is 11.1 Å². The summed E-state index contributed by atoms with van der Waals surface area (Å²) in [5.41, 5.74) is 1.61. The highest BCUT2D eigenvalue weighted by Gasteiger charge is 2.23. The number of amidine groups is 1. The minimum atomic E-state index is -3.55. The minimum absolute atomic E-state index is 0.101. The van der Waals surface area contributed by atoms with Gasteiger partial charge in [0.05, 0.1) is 9.79 Å². The predicted octanol–water partition coefficient (Wildman–Crippen LogP) is 2.18. The van der Waals surface area contributed by atoms with Gasteiger partial charge in [-0.05, 0) is 29.3 Å². The van der Waals surface area contributed by atoms with Gasteiger partial charge in [-0.1, -0.05) is 24.3 Å². The molecule has 1 heterocycles. The molecule has 0 N–H and O–H groups in total. The summed E-state index contributed by atoms with van der Waals surface area (Å²) in [7, 11) is -4.16. The van der Waals surface area contributed by atoms with Crippen molar-refractivity contribution in [1.29, 1.82) is 0 Å². The molecule has 0 saturated carbocycles. The van der Waals surface area contributed by atoms with Crippen LogP contribution in [0.2, 0.25) is 0 Å². The van der Waals surface area contributed by atoms with Crippen LogP contribution < -0.4 is 0 Å². The fourth-order valence-corrected chi connectivity index (χ4v) is 4.49. The van der Waals surface area contributed by atoms with Gasteiger partial charge in [-0.25, -0.2) is 26.1 Å². The number of rotatable bonds is 5. The van der Waals surface area contributed by atoms with E-state index in [9.17, 15) is 16.8 Å². The SMILES string of the molecule is CN(C)S(=O)(=O)c1ccc(-c2cccc(S(C)(=O)=O)c2C2=NCN=N2)cc1. The van der Waals surface area contributed by atoms with E-state index in [1.165, 1.54) is 32.3 Å². The highest BCUT2D eigenvalue weighted by Crippen LogP contribution is 2.31. The van der Waals surface area contributed by atoms with Crippen LogP contribution >= 0.6 is 0 Å². The molecule has 0 atom stereocenters. The molecule has 1 aliphatic rings. The summed E-state index contributed by atoms with van der Waals surface area (Å²) < 4.78 is 50.1. The molecule has 0 aliphatic carbocycles. The summed E-state index contributed by atoms with van der Waals surface area (Å²) in [4.78, 5) is 4.41. The van der Waals surface area contributed by atoms with Crippen LogP contribution in [-0.2, 0) is 19.9 Å². The Morgan fingerprint density at radius 3 is 2.15 bits per heavy atom. The van der Waals surface area contributed by atoms with E-state index in [1.807, 2.05) is 0 Å². The first-order valence-electron chi connectivity index (χ1n) is 7.91. The van der Waals surface area contributed by atoms with E-state index >= 15 is 0 Å². The van der Waals surface area contributed by atoms with Crippen molar-refractivity contribution in [2.24, 2.45) is 15.2 Å². The molecule has 0 fully saturated rings. The average Bonchev–Trinajstić information content (AvgIpc) is 3.14. The van der Waals surface area contributed by atoms with Crippen molar-refractivity contribution in [1.82, 2.24) is 4.31 Å². The number of benzene rings is 2. The first kappa shape index (κ1) is 19.3. The molecule has 0 aromatic heterocycles. The molecule has 2 aromatic rings. The van der Waals surface area contributed by atoms with Gasteiger partial charge < -0.3 is 0 Å². The van der Waals surface area contributed by atoms with E-state index in [-0.39, 0.29) is 22.3 Å². The third-order valence-electron chi connectivity index (χ3n) is 4.04. The molecule has 0 bridgehead atoms. The van der Waals surface area contributed by atoms with Gasteiger partial charge in [0.2, 0.25) is 10.0 Å². The Labute approximate surface area is 158 Å². The molecule has 27 heavy (non-hydrogen) atoms. The highest BCUT2D eigenvalue weighted by molar-refractivity contribution is 7.90. The van der Waals surface area contributed by atoms with Crippen molar-refractivity contribution >= 4 is 25.7 Å². The zero-order valence-corrected chi connectivity index (χ0v) is 16.6. The second-order valence-corrected chi connectivity index (χ2v) is 10.3. The lowest BCUT2D eigenvalue weighted by molar-refractivity contribution is 0.521. The first-order chi connectivity index (χ1) is 12.6. The van der Waals surface area contributed by atoms with E-state index in [0.29, 0.717) is 16.7 Å². The van der Waals surface area contributed by atoms with E-state index in [0.717, 1.165) is 10.6 Å². The molecule has 3 rings (SSSR count). The fourth-order valence-electron chi connectivity index (χ4n) is 2.69. The number of sulfonamides is 1. The van der Waals surface area contributed by atoms with E-state index in [1.54, 1.807) is 24.3 Å². The summed E-state index contributed by atoms with van der Waals surface area (Å²) in [5, 5.41) is 7.76. The van der Waals surface area contributed by atoms with Gasteiger partial charge in [-0.2, -0.15) is 5.11 Å². The number of sulfone groups is 1. The quantitative estimate of drug-likeness (QED) is 0.758. The van der Waals surface area contributed by atoms with Crippen LogP contribution in [-0.4, -0.2) is 54.0 Å². The minimum Gasteiger partial charge on any atom is -0.239 e. The second-order valence-electron chi connectivity index (χ2n) is 6.13. The lowest BCUT2D eigenvalue weighted by Crippen LogP contribution is -2.22. The first-order valence-corrected chi connectivity index (χ1v) is 11.2. The summed E-state index contributed by atoms with van der Waals surface area (Å²) in [5.74, 6) is 0.246. The normalized spacial score (nSPS) is 14.6. The Kier molecular flexibility index (Phi) is 4.98. The lowest BCUT2D eigenvalue weighted by atomic mass is 9.99. The number of hydrogen-bond acceptors (Lipinski definition) is 7. The second kappa shape index (κ2) is 6.95.